The van der Waals surface area contributed by atoms with E-state index in [0.717, 1.165) is 19.5 Å². The first kappa shape index (κ1) is 12.2. The topological polar surface area (TPSA) is 68.2 Å². The van der Waals surface area contributed by atoms with Gasteiger partial charge in [0.2, 0.25) is 5.89 Å². The lowest BCUT2D eigenvalue weighted by Crippen LogP contribution is -2.34. The zero-order chi connectivity index (χ0) is 13.1. The summed E-state index contributed by atoms with van der Waals surface area (Å²) in [4.78, 5) is 2.16. The molecule has 3 rings (SSSR count). The summed E-state index contributed by atoms with van der Waals surface area (Å²) in [6, 6.07) is 11.2. The number of nitrogens with two attached hydrogens (primary N) is 1. The van der Waals surface area contributed by atoms with E-state index in [1.807, 2.05) is 0 Å². The van der Waals surface area contributed by atoms with Crippen LogP contribution in [-0.2, 0) is 6.54 Å². The van der Waals surface area contributed by atoms with E-state index in [1.54, 1.807) is 0 Å². The molecule has 1 atom stereocenters. The maximum Gasteiger partial charge on any atom is 0.318 e. The van der Waals surface area contributed by atoms with Crippen LogP contribution in [0.4, 0.5) is 6.01 Å². The van der Waals surface area contributed by atoms with E-state index in [-0.39, 0.29) is 0 Å². The van der Waals surface area contributed by atoms with Crippen molar-refractivity contribution in [2.24, 2.45) is 5.73 Å². The summed E-state index contributed by atoms with van der Waals surface area (Å²) in [5, 5.41) is 7.99. The predicted octanol–water partition coefficient (Wildman–Crippen LogP) is 1.91. The number of rotatable bonds is 3. The number of piperidine rings is 1. The molecule has 2 heterocycles. The summed E-state index contributed by atoms with van der Waals surface area (Å²) in [6.07, 6.45) is 2.35. The molecule has 0 aliphatic carbocycles. The zero-order valence-electron chi connectivity index (χ0n) is 10.8. The van der Waals surface area contributed by atoms with E-state index in [4.69, 9.17) is 10.2 Å². The molecule has 1 aromatic carbocycles. The molecule has 100 valence electrons. The first-order valence-corrected chi connectivity index (χ1v) is 6.69. The van der Waals surface area contributed by atoms with Crippen molar-refractivity contribution in [3.63, 3.8) is 0 Å². The molecule has 0 saturated carbocycles. The van der Waals surface area contributed by atoms with E-state index in [0.29, 0.717) is 24.4 Å². The summed E-state index contributed by atoms with van der Waals surface area (Å²) in [5.41, 5.74) is 6.88. The molecule has 1 fully saturated rings. The Bertz CT molecular complexity index is 525. The largest absolute Gasteiger partial charge is 0.407 e. The van der Waals surface area contributed by atoms with Crippen molar-refractivity contribution < 1.29 is 4.42 Å². The Morgan fingerprint density at radius 2 is 2.11 bits per heavy atom. The Morgan fingerprint density at radius 3 is 2.84 bits per heavy atom. The summed E-state index contributed by atoms with van der Waals surface area (Å²) in [6.45, 7) is 2.19. The highest BCUT2D eigenvalue weighted by atomic mass is 16.4. The molecule has 1 aromatic heterocycles. The lowest BCUT2D eigenvalue weighted by molar-refractivity contribution is 0.442. The van der Waals surface area contributed by atoms with Crippen LogP contribution in [0.15, 0.2) is 34.7 Å². The van der Waals surface area contributed by atoms with E-state index in [9.17, 15) is 0 Å². The quantitative estimate of drug-likeness (QED) is 0.910. The van der Waals surface area contributed by atoms with Crippen molar-refractivity contribution in [1.29, 1.82) is 0 Å². The lowest BCUT2D eigenvalue weighted by atomic mass is 9.91. The van der Waals surface area contributed by atoms with E-state index in [2.05, 4.69) is 45.4 Å². The average Bonchev–Trinajstić information content (AvgIpc) is 2.97. The molecule has 0 amide bonds. The minimum Gasteiger partial charge on any atom is -0.407 e. The van der Waals surface area contributed by atoms with Crippen LogP contribution in [0.2, 0.25) is 0 Å². The monoisotopic (exact) mass is 258 g/mol. The van der Waals surface area contributed by atoms with Crippen LogP contribution in [0.25, 0.3) is 0 Å². The summed E-state index contributed by atoms with van der Waals surface area (Å²) >= 11 is 0. The number of anilines is 1. The van der Waals surface area contributed by atoms with Crippen molar-refractivity contribution in [3.8, 4) is 0 Å². The van der Waals surface area contributed by atoms with Gasteiger partial charge in [0.1, 0.15) is 0 Å². The van der Waals surface area contributed by atoms with Crippen LogP contribution >= 0.6 is 0 Å². The van der Waals surface area contributed by atoms with Gasteiger partial charge >= 0.3 is 6.01 Å². The standard InChI is InChI=1S/C14H18N4O/c15-9-13-16-17-14(19-13)18-8-4-7-12(10-18)11-5-2-1-3-6-11/h1-3,5-6,12H,4,7-10,15H2. The van der Waals surface area contributed by atoms with E-state index >= 15 is 0 Å². The molecule has 1 unspecified atom stereocenters. The third-order valence-corrected chi connectivity index (χ3v) is 3.59. The van der Waals surface area contributed by atoms with Gasteiger partial charge in [-0.25, -0.2) is 0 Å². The number of aromatic nitrogens is 2. The van der Waals surface area contributed by atoms with Gasteiger partial charge in [0.05, 0.1) is 6.54 Å². The Hall–Kier alpha value is -1.88. The first-order chi connectivity index (χ1) is 9.36. The molecule has 2 N–H and O–H groups in total. The smallest absolute Gasteiger partial charge is 0.318 e. The molecule has 1 aliphatic heterocycles. The molecule has 5 heteroatoms. The van der Waals surface area contributed by atoms with Gasteiger partial charge < -0.3 is 15.1 Å². The SMILES string of the molecule is NCc1nnc(N2CCCC(c3ccccc3)C2)o1. The first-order valence-electron chi connectivity index (χ1n) is 6.69. The normalized spacial score (nSPS) is 19.6. The molecule has 1 aliphatic rings. The van der Waals surface area contributed by atoms with Crippen LogP contribution in [0, 0.1) is 0 Å². The van der Waals surface area contributed by atoms with Crippen molar-refractivity contribution in [2.75, 3.05) is 18.0 Å². The molecule has 19 heavy (non-hydrogen) atoms. The minimum atomic E-state index is 0.295. The van der Waals surface area contributed by atoms with Crippen LogP contribution in [0.5, 0.6) is 0 Å². The van der Waals surface area contributed by atoms with Crippen molar-refractivity contribution in [1.82, 2.24) is 10.2 Å². The Labute approximate surface area is 112 Å². The maximum atomic E-state index is 5.54. The van der Waals surface area contributed by atoms with Crippen LogP contribution in [0.3, 0.4) is 0 Å². The molecule has 2 aromatic rings. The Kier molecular flexibility index (Phi) is 3.46. The fraction of sp³-hybridized carbons (Fsp3) is 0.429. The fourth-order valence-electron chi connectivity index (χ4n) is 2.60. The van der Waals surface area contributed by atoms with E-state index < -0.39 is 0 Å². The fourth-order valence-corrected chi connectivity index (χ4v) is 2.60. The number of benzene rings is 1. The molecule has 1 saturated heterocycles. The minimum absolute atomic E-state index is 0.295. The highest BCUT2D eigenvalue weighted by Gasteiger charge is 2.24. The number of hydrogen-bond acceptors (Lipinski definition) is 5. The third-order valence-electron chi connectivity index (χ3n) is 3.59. The number of nitrogens with zero attached hydrogens (tertiary/aromatic N) is 3. The van der Waals surface area contributed by atoms with Crippen molar-refractivity contribution in [3.05, 3.63) is 41.8 Å². The van der Waals surface area contributed by atoms with Crippen LogP contribution in [0.1, 0.15) is 30.2 Å². The van der Waals surface area contributed by atoms with Crippen LogP contribution in [-0.4, -0.2) is 23.3 Å². The molecule has 0 bridgehead atoms. The second-order valence-corrected chi connectivity index (χ2v) is 4.88. The Morgan fingerprint density at radius 1 is 1.26 bits per heavy atom. The second-order valence-electron chi connectivity index (χ2n) is 4.88. The maximum absolute atomic E-state index is 5.54. The Balaban J connectivity index is 1.74. The van der Waals surface area contributed by atoms with Crippen LogP contribution < -0.4 is 10.6 Å². The summed E-state index contributed by atoms with van der Waals surface area (Å²) in [5.74, 6) is 1.03. The molecular formula is C14H18N4O. The molecule has 0 radical (unpaired) electrons. The third kappa shape index (κ3) is 2.61. The second kappa shape index (κ2) is 5.40. The highest BCUT2D eigenvalue weighted by Crippen LogP contribution is 2.29. The van der Waals surface area contributed by atoms with Gasteiger partial charge in [-0.3, -0.25) is 0 Å². The van der Waals surface area contributed by atoms with Gasteiger partial charge in [0.15, 0.2) is 0 Å². The summed E-state index contributed by atoms with van der Waals surface area (Å²) < 4.78 is 5.54. The highest BCUT2D eigenvalue weighted by molar-refractivity contribution is 5.30. The van der Waals surface area contributed by atoms with Gasteiger partial charge in [-0.1, -0.05) is 35.4 Å². The molecule has 0 spiro atoms. The number of hydrogen-bond donors (Lipinski definition) is 1. The summed E-state index contributed by atoms with van der Waals surface area (Å²) in [7, 11) is 0. The van der Waals surface area contributed by atoms with Crippen molar-refractivity contribution >= 4 is 6.01 Å². The molecular weight excluding hydrogens is 240 g/mol. The van der Waals surface area contributed by atoms with Gasteiger partial charge in [-0.05, 0) is 18.4 Å². The lowest BCUT2D eigenvalue weighted by Gasteiger charge is -2.31. The van der Waals surface area contributed by atoms with Crippen molar-refractivity contribution in [2.45, 2.75) is 25.3 Å². The van der Waals surface area contributed by atoms with Gasteiger partial charge in [0.25, 0.3) is 0 Å². The predicted molar refractivity (Wildman–Crippen MR) is 72.8 cm³/mol. The van der Waals surface area contributed by atoms with Gasteiger partial charge in [-0.2, -0.15) is 0 Å². The van der Waals surface area contributed by atoms with E-state index in [1.165, 1.54) is 12.0 Å². The average molecular weight is 258 g/mol. The van der Waals surface area contributed by atoms with Gasteiger partial charge in [0, 0.05) is 19.0 Å². The zero-order valence-corrected chi connectivity index (χ0v) is 10.8. The van der Waals surface area contributed by atoms with Gasteiger partial charge in [-0.15, -0.1) is 5.10 Å². The molecule has 5 nitrogen and oxygen atoms in total.